The van der Waals surface area contributed by atoms with Crippen molar-refractivity contribution in [3.8, 4) is 0 Å². The van der Waals surface area contributed by atoms with Gasteiger partial charge in [0.15, 0.2) is 5.16 Å². The average Bonchev–Trinajstić information content (AvgIpc) is 3.37. The van der Waals surface area contributed by atoms with Gasteiger partial charge in [-0.3, -0.25) is 4.79 Å². The van der Waals surface area contributed by atoms with Crippen LogP contribution in [0.15, 0.2) is 29.4 Å². The fourth-order valence-electron chi connectivity index (χ4n) is 2.66. The van der Waals surface area contributed by atoms with Crippen LogP contribution in [-0.4, -0.2) is 32.5 Å². The summed E-state index contributed by atoms with van der Waals surface area (Å²) in [4.78, 5) is 12.3. The molecule has 5 nitrogen and oxygen atoms in total. The lowest BCUT2D eigenvalue weighted by Gasteiger charge is -2.12. The zero-order valence-electron chi connectivity index (χ0n) is 14.5. The van der Waals surface area contributed by atoms with Crippen LogP contribution in [0, 0.1) is 5.82 Å². The van der Waals surface area contributed by atoms with Crippen molar-refractivity contribution in [2.24, 2.45) is 0 Å². The quantitative estimate of drug-likeness (QED) is 0.733. The smallest absolute Gasteiger partial charge is 0.233 e. The van der Waals surface area contributed by atoms with Gasteiger partial charge in [-0.15, -0.1) is 10.2 Å². The van der Waals surface area contributed by atoms with E-state index in [1.807, 2.05) is 6.92 Å². The van der Waals surface area contributed by atoms with Crippen LogP contribution in [0.5, 0.6) is 0 Å². The van der Waals surface area contributed by atoms with Gasteiger partial charge in [0.05, 0.1) is 5.25 Å². The maximum absolute atomic E-state index is 12.9. The molecule has 1 atom stereocenters. The lowest BCUT2D eigenvalue weighted by molar-refractivity contribution is -0.120. The second-order valence-electron chi connectivity index (χ2n) is 6.29. The fourth-order valence-corrected chi connectivity index (χ4v) is 3.61. The summed E-state index contributed by atoms with van der Waals surface area (Å²) in [7, 11) is 0. The topological polar surface area (TPSA) is 59.8 Å². The van der Waals surface area contributed by atoms with E-state index in [4.69, 9.17) is 0 Å². The predicted octanol–water partition coefficient (Wildman–Crippen LogP) is 3.15. The van der Waals surface area contributed by atoms with Crippen LogP contribution >= 0.6 is 11.8 Å². The number of nitrogens with one attached hydrogen (secondary N) is 1. The van der Waals surface area contributed by atoms with E-state index in [9.17, 15) is 9.18 Å². The Hall–Kier alpha value is -1.89. The number of rotatable bonds is 8. The molecule has 0 spiro atoms. The summed E-state index contributed by atoms with van der Waals surface area (Å²) in [6.45, 7) is 5.30. The highest BCUT2D eigenvalue weighted by atomic mass is 32.2. The van der Waals surface area contributed by atoms with Crippen LogP contribution < -0.4 is 5.32 Å². The van der Waals surface area contributed by atoms with E-state index in [1.165, 1.54) is 36.7 Å². The molecule has 2 aromatic rings. The van der Waals surface area contributed by atoms with E-state index in [0.717, 1.165) is 23.1 Å². The van der Waals surface area contributed by atoms with Crippen LogP contribution in [0.2, 0.25) is 0 Å². The third kappa shape index (κ3) is 4.60. The SMILES string of the molecule is CCn1c(S[C@H](C)C(=O)NCCc2ccc(F)cc2)nnc1C1CC1. The number of hydrogen-bond acceptors (Lipinski definition) is 4. The molecule has 1 heterocycles. The normalized spacial score (nSPS) is 15.2. The molecule has 0 radical (unpaired) electrons. The first-order valence-corrected chi connectivity index (χ1v) is 9.58. The highest BCUT2D eigenvalue weighted by Gasteiger charge is 2.30. The maximum atomic E-state index is 12.9. The molecular weight excluding hydrogens is 339 g/mol. The standard InChI is InChI=1S/C18H23FN4OS/c1-3-23-16(14-6-7-14)21-22-18(23)25-12(2)17(24)20-11-10-13-4-8-15(19)9-5-13/h4-5,8-9,12,14H,3,6-7,10-11H2,1-2H3,(H,20,24)/t12-/m1/s1. The van der Waals surface area contributed by atoms with Crippen LogP contribution in [0.1, 0.15) is 44.0 Å². The zero-order chi connectivity index (χ0) is 17.8. The summed E-state index contributed by atoms with van der Waals surface area (Å²) >= 11 is 1.44. The first-order valence-electron chi connectivity index (χ1n) is 8.70. The molecule has 25 heavy (non-hydrogen) atoms. The Balaban J connectivity index is 1.50. The maximum Gasteiger partial charge on any atom is 0.233 e. The van der Waals surface area contributed by atoms with Crippen LogP contribution in [-0.2, 0) is 17.8 Å². The van der Waals surface area contributed by atoms with E-state index in [0.29, 0.717) is 18.9 Å². The summed E-state index contributed by atoms with van der Waals surface area (Å²) in [5, 5.41) is 12.1. The predicted molar refractivity (Wildman–Crippen MR) is 96.1 cm³/mol. The molecule has 3 rings (SSSR count). The van der Waals surface area contributed by atoms with Gasteiger partial charge in [0.1, 0.15) is 11.6 Å². The summed E-state index contributed by atoms with van der Waals surface area (Å²) in [5.41, 5.74) is 1.00. The van der Waals surface area contributed by atoms with Crippen LogP contribution in [0.25, 0.3) is 0 Å². The molecule has 134 valence electrons. The summed E-state index contributed by atoms with van der Waals surface area (Å²) < 4.78 is 15.0. The molecule has 1 fully saturated rings. The van der Waals surface area contributed by atoms with Crippen molar-refractivity contribution in [1.29, 1.82) is 0 Å². The van der Waals surface area contributed by atoms with Crippen molar-refractivity contribution in [3.63, 3.8) is 0 Å². The first kappa shape index (κ1) is 17.9. The number of carbonyl (C=O) groups excluding carboxylic acids is 1. The molecule has 0 saturated heterocycles. The van der Waals surface area contributed by atoms with Gasteiger partial charge in [-0.1, -0.05) is 23.9 Å². The van der Waals surface area contributed by atoms with Gasteiger partial charge in [0, 0.05) is 19.0 Å². The summed E-state index contributed by atoms with van der Waals surface area (Å²) in [5.74, 6) is 1.32. The van der Waals surface area contributed by atoms with Gasteiger partial charge in [0.2, 0.25) is 5.91 Å². The van der Waals surface area contributed by atoms with Gasteiger partial charge in [-0.2, -0.15) is 0 Å². The lowest BCUT2D eigenvalue weighted by atomic mass is 10.1. The van der Waals surface area contributed by atoms with Crippen LogP contribution in [0.4, 0.5) is 4.39 Å². The van der Waals surface area contributed by atoms with E-state index in [2.05, 4.69) is 27.0 Å². The van der Waals surface area contributed by atoms with E-state index < -0.39 is 0 Å². The molecule has 1 aromatic heterocycles. The number of nitrogens with zero attached hydrogens (tertiary/aromatic N) is 3. The number of benzene rings is 1. The third-order valence-corrected chi connectivity index (χ3v) is 5.36. The molecule has 1 amide bonds. The zero-order valence-corrected chi connectivity index (χ0v) is 15.4. The van der Waals surface area contributed by atoms with Gasteiger partial charge < -0.3 is 9.88 Å². The minimum atomic E-state index is -0.247. The largest absolute Gasteiger partial charge is 0.355 e. The van der Waals surface area contributed by atoms with E-state index in [-0.39, 0.29) is 17.0 Å². The van der Waals surface area contributed by atoms with Crippen molar-refractivity contribution in [2.45, 2.75) is 56.0 Å². The monoisotopic (exact) mass is 362 g/mol. The molecule has 1 aromatic carbocycles. The summed E-state index contributed by atoms with van der Waals surface area (Å²) in [6, 6.07) is 6.35. The Morgan fingerprint density at radius 3 is 2.72 bits per heavy atom. The third-order valence-electron chi connectivity index (χ3n) is 4.28. The average molecular weight is 362 g/mol. The summed E-state index contributed by atoms with van der Waals surface area (Å²) in [6.07, 6.45) is 3.05. The molecule has 1 aliphatic carbocycles. The highest BCUT2D eigenvalue weighted by molar-refractivity contribution is 8.00. The lowest BCUT2D eigenvalue weighted by Crippen LogP contribution is -2.32. The van der Waals surface area contributed by atoms with Crippen molar-refractivity contribution in [3.05, 3.63) is 41.5 Å². The fraction of sp³-hybridized carbons (Fsp3) is 0.500. The Labute approximate surface area is 151 Å². The van der Waals surface area contributed by atoms with Crippen molar-refractivity contribution >= 4 is 17.7 Å². The molecule has 0 bridgehead atoms. The number of thioether (sulfide) groups is 1. The first-order chi connectivity index (χ1) is 12.1. The number of carbonyl (C=O) groups is 1. The number of amides is 1. The van der Waals surface area contributed by atoms with E-state index >= 15 is 0 Å². The second-order valence-corrected chi connectivity index (χ2v) is 7.59. The molecule has 1 saturated carbocycles. The molecular formula is C18H23FN4OS. The van der Waals surface area contributed by atoms with Gasteiger partial charge in [0.25, 0.3) is 0 Å². The van der Waals surface area contributed by atoms with Gasteiger partial charge in [-0.05, 0) is 50.8 Å². The Morgan fingerprint density at radius 2 is 2.08 bits per heavy atom. The minimum Gasteiger partial charge on any atom is -0.355 e. The Kier molecular flexibility index (Phi) is 5.73. The molecule has 7 heteroatoms. The Bertz CT molecular complexity index is 727. The Morgan fingerprint density at radius 1 is 1.36 bits per heavy atom. The van der Waals surface area contributed by atoms with Crippen molar-refractivity contribution in [2.75, 3.05) is 6.54 Å². The molecule has 1 N–H and O–H groups in total. The van der Waals surface area contributed by atoms with Gasteiger partial charge in [-0.25, -0.2) is 4.39 Å². The molecule has 0 unspecified atom stereocenters. The molecule has 1 aliphatic rings. The van der Waals surface area contributed by atoms with Crippen molar-refractivity contribution < 1.29 is 9.18 Å². The number of halogens is 1. The van der Waals surface area contributed by atoms with Crippen molar-refractivity contribution in [1.82, 2.24) is 20.1 Å². The number of hydrogen-bond donors (Lipinski definition) is 1. The highest BCUT2D eigenvalue weighted by Crippen LogP contribution is 2.40. The number of aromatic nitrogens is 3. The molecule has 0 aliphatic heterocycles. The van der Waals surface area contributed by atoms with Gasteiger partial charge >= 0.3 is 0 Å². The van der Waals surface area contributed by atoms with E-state index in [1.54, 1.807) is 12.1 Å². The minimum absolute atomic E-state index is 0.0225. The van der Waals surface area contributed by atoms with Crippen LogP contribution in [0.3, 0.4) is 0 Å². The second kappa shape index (κ2) is 7.99.